The van der Waals surface area contributed by atoms with Crippen molar-refractivity contribution in [1.29, 1.82) is 5.41 Å². The van der Waals surface area contributed by atoms with Gasteiger partial charge < -0.3 is 4.74 Å². The van der Waals surface area contributed by atoms with E-state index in [1.165, 1.54) is 0 Å². The fourth-order valence-electron chi connectivity index (χ4n) is 2.54. The van der Waals surface area contributed by atoms with Crippen molar-refractivity contribution in [3.8, 4) is 5.75 Å². The van der Waals surface area contributed by atoms with E-state index >= 15 is 0 Å². The van der Waals surface area contributed by atoms with Crippen LogP contribution < -0.4 is 4.74 Å². The molecule has 3 aromatic carbocycles. The van der Waals surface area contributed by atoms with Crippen molar-refractivity contribution < 1.29 is 9.53 Å². The van der Waals surface area contributed by atoms with Crippen molar-refractivity contribution in [3.63, 3.8) is 0 Å². The van der Waals surface area contributed by atoms with Crippen LogP contribution >= 0.6 is 0 Å². The molecule has 0 spiro atoms. The zero-order valence-electron chi connectivity index (χ0n) is 14.2. The summed E-state index contributed by atoms with van der Waals surface area (Å²) in [5.74, 6) is -0.0348. The maximum absolute atomic E-state index is 12.4. The third-order valence-corrected chi connectivity index (χ3v) is 3.96. The highest BCUT2D eigenvalue weighted by Crippen LogP contribution is 2.24. The van der Waals surface area contributed by atoms with Gasteiger partial charge in [0.25, 0.3) is 0 Å². The Morgan fingerprint density at radius 1 is 0.800 bits per heavy atom. The highest BCUT2D eigenvalue weighted by molar-refractivity contribution is 6.13. The Labute approximate surface area is 147 Å². The molecule has 0 saturated heterocycles. The molecule has 3 nitrogen and oxygen atoms in total. The molecule has 1 N–H and O–H groups in total. The van der Waals surface area contributed by atoms with Crippen LogP contribution in [0.15, 0.2) is 72.8 Å². The summed E-state index contributed by atoms with van der Waals surface area (Å²) in [6, 6.07) is 22.1. The lowest BCUT2D eigenvalue weighted by molar-refractivity contribution is 0.0734. The molecule has 0 saturated carbocycles. The summed E-state index contributed by atoms with van der Waals surface area (Å²) in [6.07, 6.45) is 0. The van der Waals surface area contributed by atoms with Gasteiger partial charge in [-0.3, -0.25) is 5.41 Å². The molecule has 0 fully saturated rings. The van der Waals surface area contributed by atoms with Gasteiger partial charge in [-0.15, -0.1) is 0 Å². The van der Waals surface area contributed by atoms with Gasteiger partial charge in [-0.1, -0.05) is 59.7 Å². The van der Waals surface area contributed by atoms with Crippen molar-refractivity contribution in [2.75, 3.05) is 0 Å². The zero-order valence-corrected chi connectivity index (χ0v) is 14.2. The van der Waals surface area contributed by atoms with E-state index in [1.54, 1.807) is 30.3 Å². The molecule has 0 heterocycles. The van der Waals surface area contributed by atoms with Crippen LogP contribution in [0.2, 0.25) is 0 Å². The van der Waals surface area contributed by atoms with Crippen LogP contribution in [0.1, 0.15) is 32.6 Å². The van der Waals surface area contributed by atoms with Crippen molar-refractivity contribution in [2.45, 2.75) is 13.8 Å². The Morgan fingerprint density at radius 3 is 2.12 bits per heavy atom. The Hall–Kier alpha value is -3.20. The Bertz CT molecular complexity index is 913. The molecule has 0 unspecified atom stereocenters. The first-order chi connectivity index (χ1) is 12.0. The number of aryl methyl sites for hydroxylation is 2. The molecule has 3 rings (SSSR count). The van der Waals surface area contributed by atoms with E-state index in [9.17, 15) is 4.79 Å². The van der Waals surface area contributed by atoms with Crippen LogP contribution in [0.3, 0.4) is 0 Å². The van der Waals surface area contributed by atoms with Crippen molar-refractivity contribution in [2.24, 2.45) is 0 Å². The van der Waals surface area contributed by atoms with E-state index in [-0.39, 0.29) is 0 Å². The quantitative estimate of drug-likeness (QED) is 0.419. The van der Waals surface area contributed by atoms with Gasteiger partial charge in [0.2, 0.25) is 0 Å². The van der Waals surface area contributed by atoms with Crippen LogP contribution in [0.5, 0.6) is 5.75 Å². The molecule has 0 amide bonds. The molecule has 0 aliphatic rings. The minimum atomic E-state index is -0.428. The highest BCUT2D eigenvalue weighted by atomic mass is 16.5. The lowest BCUT2D eigenvalue weighted by atomic mass is 9.99. The number of esters is 1. The number of rotatable bonds is 4. The van der Waals surface area contributed by atoms with E-state index in [4.69, 9.17) is 10.1 Å². The second kappa shape index (κ2) is 7.14. The van der Waals surface area contributed by atoms with E-state index in [1.807, 2.05) is 56.3 Å². The summed E-state index contributed by atoms with van der Waals surface area (Å²) < 4.78 is 5.57. The summed E-state index contributed by atoms with van der Waals surface area (Å²) in [6.45, 7) is 3.96. The molecule has 25 heavy (non-hydrogen) atoms. The van der Waals surface area contributed by atoms with Gasteiger partial charge in [0, 0.05) is 11.1 Å². The topological polar surface area (TPSA) is 50.1 Å². The summed E-state index contributed by atoms with van der Waals surface area (Å²) in [7, 11) is 0. The molecule has 0 atom stereocenters. The smallest absolute Gasteiger partial charge is 0.343 e. The molecule has 0 bridgehead atoms. The van der Waals surface area contributed by atoms with Gasteiger partial charge in [-0.2, -0.15) is 0 Å². The molecule has 0 aliphatic carbocycles. The number of hydrogen-bond acceptors (Lipinski definition) is 3. The Balaban J connectivity index is 1.94. The molecular weight excluding hydrogens is 310 g/mol. The predicted octanol–water partition coefficient (Wildman–Crippen LogP) is 4.94. The fourth-order valence-corrected chi connectivity index (χ4v) is 2.54. The van der Waals surface area contributed by atoms with E-state index in [2.05, 4.69) is 0 Å². The summed E-state index contributed by atoms with van der Waals surface area (Å²) in [5.41, 5.74) is 4.35. The first-order valence-electron chi connectivity index (χ1n) is 8.08. The van der Waals surface area contributed by atoms with Crippen LogP contribution in [0, 0.1) is 19.3 Å². The molecule has 0 aromatic heterocycles. The number of hydrogen-bond donors (Lipinski definition) is 1. The number of carbonyl (C=O) groups excluding carboxylic acids is 1. The summed E-state index contributed by atoms with van der Waals surface area (Å²) in [5, 5.41) is 8.54. The monoisotopic (exact) mass is 329 g/mol. The predicted molar refractivity (Wildman–Crippen MR) is 99.7 cm³/mol. The number of nitrogens with one attached hydrogen (secondary N) is 1. The number of ether oxygens (including phenoxy) is 1. The highest BCUT2D eigenvalue weighted by Gasteiger charge is 2.15. The van der Waals surface area contributed by atoms with E-state index in [0.717, 1.165) is 16.7 Å². The van der Waals surface area contributed by atoms with Gasteiger partial charge >= 0.3 is 5.97 Å². The van der Waals surface area contributed by atoms with Crippen LogP contribution in [0.4, 0.5) is 0 Å². The Morgan fingerprint density at radius 2 is 1.44 bits per heavy atom. The minimum Gasteiger partial charge on any atom is -0.422 e. The van der Waals surface area contributed by atoms with Crippen LogP contribution in [0.25, 0.3) is 0 Å². The van der Waals surface area contributed by atoms with Crippen molar-refractivity contribution >= 4 is 11.7 Å². The van der Waals surface area contributed by atoms with E-state index < -0.39 is 5.97 Å². The Kier molecular flexibility index (Phi) is 4.75. The summed E-state index contributed by atoms with van der Waals surface area (Å²) >= 11 is 0. The largest absolute Gasteiger partial charge is 0.422 e. The average molecular weight is 329 g/mol. The molecule has 124 valence electrons. The minimum absolute atomic E-state index is 0.333. The van der Waals surface area contributed by atoms with Crippen molar-refractivity contribution in [1.82, 2.24) is 0 Å². The van der Waals surface area contributed by atoms with Gasteiger partial charge in [-0.25, -0.2) is 4.79 Å². The van der Waals surface area contributed by atoms with Gasteiger partial charge in [0.1, 0.15) is 5.75 Å². The zero-order chi connectivity index (χ0) is 17.8. The lowest BCUT2D eigenvalue weighted by Gasteiger charge is -2.12. The molecule has 0 radical (unpaired) electrons. The molecule has 3 aromatic rings. The lowest BCUT2D eigenvalue weighted by Crippen LogP contribution is -2.12. The van der Waals surface area contributed by atoms with Crippen molar-refractivity contribution in [3.05, 3.63) is 101 Å². The maximum atomic E-state index is 12.4. The average Bonchev–Trinajstić information content (AvgIpc) is 2.64. The van der Waals surface area contributed by atoms with Crippen LogP contribution in [-0.4, -0.2) is 11.7 Å². The van der Waals surface area contributed by atoms with Gasteiger partial charge in [-0.05, 0) is 38.1 Å². The van der Waals surface area contributed by atoms with Crippen LogP contribution in [-0.2, 0) is 0 Å². The third-order valence-electron chi connectivity index (χ3n) is 3.96. The number of benzene rings is 3. The van der Waals surface area contributed by atoms with Gasteiger partial charge in [0.05, 0.1) is 11.3 Å². The first-order valence-corrected chi connectivity index (χ1v) is 8.08. The fraction of sp³-hybridized carbons (Fsp3) is 0.0909. The number of carbonyl (C=O) groups is 1. The van der Waals surface area contributed by atoms with E-state index in [0.29, 0.717) is 22.6 Å². The van der Waals surface area contributed by atoms with Gasteiger partial charge in [0.15, 0.2) is 0 Å². The normalized spacial score (nSPS) is 10.3. The molecule has 3 heteroatoms. The third kappa shape index (κ3) is 3.83. The summed E-state index contributed by atoms with van der Waals surface area (Å²) in [4.78, 5) is 12.4. The second-order valence-corrected chi connectivity index (χ2v) is 6.00. The first kappa shape index (κ1) is 16.7. The second-order valence-electron chi connectivity index (χ2n) is 6.00. The molecule has 0 aliphatic heterocycles. The SMILES string of the molecule is Cc1ccc(C(=N)c2cc(C)ccc2OC(=O)c2ccccc2)cc1. The molecular formula is C22H19NO2. The standard InChI is InChI=1S/C22H19NO2/c1-15-8-11-17(12-9-15)21(23)19-14-16(2)10-13-20(19)25-22(24)18-6-4-3-5-7-18/h3-14,23H,1-2H3. The maximum Gasteiger partial charge on any atom is 0.343 e.